The molecule has 0 aromatic heterocycles. The van der Waals surface area contributed by atoms with E-state index in [4.69, 9.17) is 0 Å². The van der Waals surface area contributed by atoms with E-state index in [2.05, 4.69) is 6.92 Å². The normalized spacial score (nSPS) is 47.5. The summed E-state index contributed by atoms with van der Waals surface area (Å²) in [5.41, 5.74) is 0. The van der Waals surface area contributed by atoms with Gasteiger partial charge in [0, 0.05) is 0 Å². The summed E-state index contributed by atoms with van der Waals surface area (Å²) in [4.78, 5) is 0. The molecule has 4 aliphatic carbocycles. The first-order chi connectivity index (χ1) is 16.9. The minimum absolute atomic E-state index is 0.0601. The molecule has 0 amide bonds. The first kappa shape index (κ1) is 27.7. The van der Waals surface area contributed by atoms with Gasteiger partial charge < -0.3 is 0 Å². The number of hydrogen-bond acceptors (Lipinski definition) is 0. The molecular formula is C31H52F4. The second-order valence-electron chi connectivity index (χ2n) is 13.1. The van der Waals surface area contributed by atoms with E-state index < -0.39 is 24.7 Å². The fourth-order valence-corrected chi connectivity index (χ4v) is 8.83. The van der Waals surface area contributed by atoms with Crippen LogP contribution >= 0.6 is 0 Å². The van der Waals surface area contributed by atoms with E-state index in [1.54, 1.807) is 0 Å². The number of hydrogen-bond donors (Lipinski definition) is 0. The Bertz CT molecular complexity index is 609. The highest BCUT2D eigenvalue weighted by atomic mass is 19.2. The molecule has 35 heavy (non-hydrogen) atoms. The number of halogens is 4. The molecule has 4 saturated carbocycles. The molecule has 0 heterocycles. The van der Waals surface area contributed by atoms with Crippen LogP contribution in [-0.4, -0.2) is 24.7 Å². The van der Waals surface area contributed by atoms with Crippen molar-refractivity contribution in [1.82, 2.24) is 0 Å². The first-order valence-electron chi connectivity index (χ1n) is 15.5. The van der Waals surface area contributed by atoms with Crippen molar-refractivity contribution in [3.8, 4) is 0 Å². The highest BCUT2D eigenvalue weighted by molar-refractivity contribution is 4.94. The van der Waals surface area contributed by atoms with Crippen molar-refractivity contribution >= 4 is 0 Å². The molecule has 4 heteroatoms. The van der Waals surface area contributed by atoms with Crippen molar-refractivity contribution in [3.05, 3.63) is 0 Å². The lowest BCUT2D eigenvalue weighted by atomic mass is 9.65. The standard InChI is InChI=1S/C31H52F4/c1-3-5-20-6-11-23(12-7-20)27-19-17-25(29(33)31(27)35)15-10-21-8-13-24(14-9-21)26-18-16-22(4-2)28(32)30(26)34/h20-31H,3-19H2,1-2H3/t20?,21?,22?,23?,24?,25-,26-,27?,28?,29?,30?,31+/m0/s1. The van der Waals surface area contributed by atoms with E-state index in [0.29, 0.717) is 17.8 Å². The summed E-state index contributed by atoms with van der Waals surface area (Å²) in [6.45, 7) is 4.20. The Kier molecular flexibility index (Phi) is 10.3. The van der Waals surface area contributed by atoms with Crippen LogP contribution in [0.5, 0.6) is 0 Å². The Morgan fingerprint density at radius 2 is 0.914 bits per heavy atom. The van der Waals surface area contributed by atoms with Crippen LogP contribution in [0.2, 0.25) is 0 Å². The van der Waals surface area contributed by atoms with E-state index in [9.17, 15) is 8.78 Å². The molecule has 0 aromatic rings. The van der Waals surface area contributed by atoms with Gasteiger partial charge in [-0.15, -0.1) is 0 Å². The van der Waals surface area contributed by atoms with E-state index in [0.717, 1.165) is 89.4 Å². The van der Waals surface area contributed by atoms with Crippen LogP contribution in [0.15, 0.2) is 0 Å². The average Bonchev–Trinajstić information content (AvgIpc) is 2.88. The third-order valence-electron chi connectivity index (χ3n) is 11.2. The summed E-state index contributed by atoms with van der Waals surface area (Å²) in [5, 5.41) is 0. The number of alkyl halides is 4. The van der Waals surface area contributed by atoms with Gasteiger partial charge in [-0.25, -0.2) is 17.6 Å². The Labute approximate surface area is 212 Å². The molecule has 0 aromatic carbocycles. The Balaban J connectivity index is 1.17. The predicted molar refractivity (Wildman–Crippen MR) is 137 cm³/mol. The fraction of sp³-hybridized carbons (Fsp3) is 1.00. The van der Waals surface area contributed by atoms with E-state index in [1.165, 1.54) is 25.7 Å². The summed E-state index contributed by atoms with van der Waals surface area (Å²) >= 11 is 0. The maximum atomic E-state index is 15.2. The minimum Gasteiger partial charge on any atom is -0.244 e. The van der Waals surface area contributed by atoms with Crippen molar-refractivity contribution in [2.45, 2.75) is 148 Å². The van der Waals surface area contributed by atoms with E-state index >= 15 is 8.78 Å². The molecule has 0 spiro atoms. The molecule has 0 radical (unpaired) electrons. The van der Waals surface area contributed by atoms with Crippen LogP contribution in [0.4, 0.5) is 17.6 Å². The fourth-order valence-electron chi connectivity index (χ4n) is 8.83. The zero-order valence-corrected chi connectivity index (χ0v) is 22.5. The highest BCUT2D eigenvalue weighted by Gasteiger charge is 2.45. The first-order valence-corrected chi connectivity index (χ1v) is 15.5. The van der Waals surface area contributed by atoms with E-state index in [-0.39, 0.29) is 23.7 Å². The molecule has 204 valence electrons. The van der Waals surface area contributed by atoms with Gasteiger partial charge in [-0.2, -0.15) is 0 Å². The summed E-state index contributed by atoms with van der Waals surface area (Å²) in [6, 6.07) is 0. The van der Waals surface area contributed by atoms with Crippen LogP contribution in [0, 0.1) is 47.3 Å². The third-order valence-corrected chi connectivity index (χ3v) is 11.2. The molecule has 0 N–H and O–H groups in total. The molecule has 0 aliphatic heterocycles. The van der Waals surface area contributed by atoms with Crippen LogP contribution in [0.3, 0.4) is 0 Å². The average molecular weight is 501 g/mol. The van der Waals surface area contributed by atoms with Crippen molar-refractivity contribution in [3.63, 3.8) is 0 Å². The molecular weight excluding hydrogens is 448 g/mol. The predicted octanol–water partition coefficient (Wildman–Crippen LogP) is 9.99. The zero-order chi connectivity index (χ0) is 24.9. The molecule has 4 rings (SSSR count). The molecule has 8 atom stereocenters. The third kappa shape index (κ3) is 6.60. The molecule has 0 bridgehead atoms. The lowest BCUT2D eigenvalue weighted by Crippen LogP contribution is -2.42. The zero-order valence-electron chi connectivity index (χ0n) is 22.5. The van der Waals surface area contributed by atoms with Gasteiger partial charge in [0.05, 0.1) is 0 Å². The Morgan fingerprint density at radius 1 is 0.457 bits per heavy atom. The van der Waals surface area contributed by atoms with Crippen LogP contribution in [0.1, 0.15) is 123 Å². The van der Waals surface area contributed by atoms with Gasteiger partial charge in [0.1, 0.15) is 24.7 Å². The van der Waals surface area contributed by atoms with Crippen LogP contribution in [-0.2, 0) is 0 Å². The quantitative estimate of drug-likeness (QED) is 0.291. The number of rotatable bonds is 8. The van der Waals surface area contributed by atoms with Gasteiger partial charge in [0.2, 0.25) is 0 Å². The van der Waals surface area contributed by atoms with Gasteiger partial charge in [-0.3, -0.25) is 0 Å². The summed E-state index contributed by atoms with van der Waals surface area (Å²) < 4.78 is 59.7. The van der Waals surface area contributed by atoms with Gasteiger partial charge >= 0.3 is 0 Å². The van der Waals surface area contributed by atoms with Crippen molar-refractivity contribution in [2.75, 3.05) is 0 Å². The van der Waals surface area contributed by atoms with Crippen molar-refractivity contribution in [2.24, 2.45) is 47.3 Å². The second-order valence-corrected chi connectivity index (χ2v) is 13.1. The maximum absolute atomic E-state index is 15.2. The summed E-state index contributed by atoms with van der Waals surface area (Å²) in [6.07, 6.45) is 11.9. The van der Waals surface area contributed by atoms with Crippen LogP contribution < -0.4 is 0 Å². The second kappa shape index (κ2) is 13.0. The SMILES string of the molecule is CCCC1CCC(C2CC[C@H](CCC3CCC([C@@H]4CCC(CC)C(F)C4F)CC3)C(F)[C@@H]2F)CC1. The van der Waals surface area contributed by atoms with Crippen molar-refractivity contribution < 1.29 is 17.6 Å². The van der Waals surface area contributed by atoms with Gasteiger partial charge in [-0.05, 0) is 105 Å². The molecule has 4 aliphatic rings. The van der Waals surface area contributed by atoms with E-state index in [1.807, 2.05) is 6.92 Å². The monoisotopic (exact) mass is 500 g/mol. The van der Waals surface area contributed by atoms with Crippen LogP contribution in [0.25, 0.3) is 0 Å². The van der Waals surface area contributed by atoms with Crippen molar-refractivity contribution in [1.29, 1.82) is 0 Å². The minimum atomic E-state index is -1.29. The lowest BCUT2D eigenvalue weighted by Gasteiger charge is -2.42. The molecule has 0 nitrogen and oxygen atoms in total. The summed E-state index contributed by atoms with van der Waals surface area (Å²) in [7, 11) is 0. The summed E-state index contributed by atoms with van der Waals surface area (Å²) in [5.74, 6) is 1.67. The largest absolute Gasteiger partial charge is 0.244 e. The van der Waals surface area contributed by atoms with Gasteiger partial charge in [0.25, 0.3) is 0 Å². The molecule has 5 unspecified atom stereocenters. The van der Waals surface area contributed by atoms with Gasteiger partial charge in [-0.1, -0.05) is 65.2 Å². The Hall–Kier alpha value is -0.280. The molecule has 4 fully saturated rings. The topological polar surface area (TPSA) is 0 Å². The smallest absolute Gasteiger partial charge is 0.134 e. The molecule has 0 saturated heterocycles. The maximum Gasteiger partial charge on any atom is 0.134 e. The Morgan fingerprint density at radius 3 is 1.40 bits per heavy atom. The van der Waals surface area contributed by atoms with Gasteiger partial charge in [0.15, 0.2) is 0 Å². The lowest BCUT2D eigenvalue weighted by molar-refractivity contribution is -0.0198. The highest BCUT2D eigenvalue weighted by Crippen LogP contribution is 2.48.